The third kappa shape index (κ3) is 2.52. The van der Waals surface area contributed by atoms with E-state index in [0.717, 1.165) is 10.9 Å². The molecule has 0 aliphatic carbocycles. The number of fused-ring (bicyclic) bond motifs is 4. The van der Waals surface area contributed by atoms with Crippen molar-refractivity contribution in [2.24, 2.45) is 17.6 Å². The van der Waals surface area contributed by atoms with Gasteiger partial charge in [-0.3, -0.25) is 29.4 Å². The molecule has 4 amide bonds. The van der Waals surface area contributed by atoms with Crippen LogP contribution in [0.25, 0.3) is 0 Å². The molecule has 28 heavy (non-hydrogen) atoms. The molecule has 0 radical (unpaired) electrons. The molecule has 3 heterocycles. The maximum Gasteiger partial charge on any atom is 0.250 e. The molecule has 2 saturated heterocycles. The summed E-state index contributed by atoms with van der Waals surface area (Å²) in [6.07, 6.45) is 1.39. The molecule has 1 aromatic rings. The number of halogens is 1. The summed E-state index contributed by atoms with van der Waals surface area (Å²) in [6, 6.07) is 4.64. The number of carbonyl (C=O) groups is 4. The largest absolute Gasteiger partial charge is 0.370 e. The minimum absolute atomic E-state index is 0.125. The Morgan fingerprint density at radius 3 is 2.71 bits per heavy atom. The van der Waals surface area contributed by atoms with Crippen LogP contribution >= 0.6 is 15.9 Å². The van der Waals surface area contributed by atoms with Gasteiger partial charge >= 0.3 is 0 Å². The van der Waals surface area contributed by atoms with Crippen LogP contribution in [0.3, 0.4) is 0 Å². The maximum absolute atomic E-state index is 13.3. The zero-order chi connectivity index (χ0) is 20.2. The highest BCUT2D eigenvalue weighted by Gasteiger charge is 2.70. The zero-order valence-corrected chi connectivity index (χ0v) is 16.9. The van der Waals surface area contributed by atoms with E-state index in [0.29, 0.717) is 24.2 Å². The van der Waals surface area contributed by atoms with E-state index in [9.17, 15) is 19.2 Å². The molecule has 1 spiro atoms. The van der Waals surface area contributed by atoms with Gasteiger partial charge in [-0.15, -0.1) is 0 Å². The number of amides is 4. The number of imide groups is 1. The lowest BCUT2D eigenvalue weighted by Crippen LogP contribution is -2.53. The van der Waals surface area contributed by atoms with E-state index in [1.165, 1.54) is 4.90 Å². The Balaban J connectivity index is 1.85. The van der Waals surface area contributed by atoms with Crippen molar-refractivity contribution in [3.8, 4) is 0 Å². The molecule has 4 unspecified atom stereocenters. The molecule has 2 fully saturated rings. The number of rotatable bonds is 5. The van der Waals surface area contributed by atoms with Gasteiger partial charge in [0.2, 0.25) is 23.6 Å². The first-order valence-corrected chi connectivity index (χ1v) is 10.1. The number of nitrogens with one attached hydrogen (secondary N) is 2. The number of nitrogens with two attached hydrogens (primary N) is 1. The Labute approximate surface area is 170 Å². The summed E-state index contributed by atoms with van der Waals surface area (Å²) in [4.78, 5) is 52.4. The lowest BCUT2D eigenvalue weighted by atomic mass is 9.76. The van der Waals surface area contributed by atoms with Crippen LogP contribution in [-0.2, 0) is 24.7 Å². The number of nitrogens with zero attached hydrogens (tertiary/aromatic N) is 1. The van der Waals surface area contributed by atoms with E-state index in [1.54, 1.807) is 18.2 Å². The number of benzene rings is 1. The van der Waals surface area contributed by atoms with E-state index < -0.39 is 29.3 Å². The third-order valence-electron chi connectivity index (χ3n) is 5.92. The van der Waals surface area contributed by atoms with Crippen LogP contribution < -0.4 is 16.4 Å². The zero-order valence-electron chi connectivity index (χ0n) is 15.3. The molecule has 8 nitrogen and oxygen atoms in total. The second-order valence-corrected chi connectivity index (χ2v) is 8.47. The number of primary amides is 1. The van der Waals surface area contributed by atoms with Gasteiger partial charge in [0.05, 0.1) is 11.8 Å². The molecule has 1 aromatic carbocycles. The first-order valence-electron chi connectivity index (χ1n) is 9.34. The smallest absolute Gasteiger partial charge is 0.250 e. The van der Waals surface area contributed by atoms with E-state index in [2.05, 4.69) is 26.6 Å². The summed E-state index contributed by atoms with van der Waals surface area (Å²) in [5.41, 5.74) is 5.20. The van der Waals surface area contributed by atoms with Crippen molar-refractivity contribution in [3.05, 3.63) is 28.2 Å². The Kier molecular flexibility index (Phi) is 4.54. The number of unbranched alkanes of at least 4 members (excludes halogenated alkanes) is 1. The van der Waals surface area contributed by atoms with Gasteiger partial charge < -0.3 is 11.1 Å². The SMILES string of the molecule is CCCCN1C(=O)C2C(CC(N)=O)NC3(C(=O)Nc4ccc(Br)cc43)C2C1=O. The van der Waals surface area contributed by atoms with Crippen LogP contribution in [0, 0.1) is 11.8 Å². The topological polar surface area (TPSA) is 122 Å². The van der Waals surface area contributed by atoms with Gasteiger partial charge in [0.25, 0.3) is 0 Å². The fraction of sp³-hybridized carbons (Fsp3) is 0.474. The molecule has 0 aromatic heterocycles. The van der Waals surface area contributed by atoms with Crippen LogP contribution in [-0.4, -0.2) is 41.1 Å². The lowest BCUT2D eigenvalue weighted by Gasteiger charge is -2.29. The predicted octanol–water partition coefficient (Wildman–Crippen LogP) is 0.845. The summed E-state index contributed by atoms with van der Waals surface area (Å²) in [5, 5.41) is 5.99. The Morgan fingerprint density at radius 1 is 1.29 bits per heavy atom. The molecular formula is C19H21BrN4O4. The number of anilines is 1. The van der Waals surface area contributed by atoms with E-state index >= 15 is 0 Å². The van der Waals surface area contributed by atoms with Gasteiger partial charge in [-0.05, 0) is 24.6 Å². The minimum atomic E-state index is -1.39. The maximum atomic E-state index is 13.3. The van der Waals surface area contributed by atoms with Crippen LogP contribution in [0.4, 0.5) is 5.69 Å². The molecule has 4 rings (SSSR count). The molecule has 9 heteroatoms. The highest BCUT2D eigenvalue weighted by atomic mass is 79.9. The van der Waals surface area contributed by atoms with Crippen molar-refractivity contribution in [2.45, 2.75) is 37.8 Å². The minimum Gasteiger partial charge on any atom is -0.370 e. The summed E-state index contributed by atoms with van der Waals surface area (Å²) in [6.45, 7) is 2.29. The number of hydrogen-bond donors (Lipinski definition) is 3. The third-order valence-corrected chi connectivity index (χ3v) is 6.42. The van der Waals surface area contributed by atoms with Crippen LogP contribution in [0.1, 0.15) is 31.7 Å². The van der Waals surface area contributed by atoms with Crippen LogP contribution in [0.5, 0.6) is 0 Å². The molecular weight excluding hydrogens is 428 g/mol. The molecule has 0 saturated carbocycles. The van der Waals surface area contributed by atoms with Gasteiger partial charge in [-0.2, -0.15) is 0 Å². The molecule has 3 aliphatic rings. The Hall–Kier alpha value is -2.26. The van der Waals surface area contributed by atoms with Crippen molar-refractivity contribution >= 4 is 45.2 Å². The molecule has 4 N–H and O–H groups in total. The van der Waals surface area contributed by atoms with E-state index in [-0.39, 0.29) is 24.1 Å². The molecule has 0 bridgehead atoms. The monoisotopic (exact) mass is 448 g/mol. The van der Waals surface area contributed by atoms with Gasteiger partial charge in [-0.25, -0.2) is 0 Å². The van der Waals surface area contributed by atoms with Crippen molar-refractivity contribution in [1.29, 1.82) is 0 Å². The van der Waals surface area contributed by atoms with Crippen LogP contribution in [0.2, 0.25) is 0 Å². The molecule has 3 aliphatic heterocycles. The van der Waals surface area contributed by atoms with Crippen LogP contribution in [0.15, 0.2) is 22.7 Å². The van der Waals surface area contributed by atoms with E-state index in [4.69, 9.17) is 5.73 Å². The average molecular weight is 449 g/mol. The van der Waals surface area contributed by atoms with Gasteiger partial charge in [0.15, 0.2) is 0 Å². The summed E-state index contributed by atoms with van der Waals surface area (Å²) >= 11 is 3.41. The first-order chi connectivity index (χ1) is 13.3. The Morgan fingerprint density at radius 2 is 2.04 bits per heavy atom. The summed E-state index contributed by atoms with van der Waals surface area (Å²) in [5.74, 6) is -3.39. The highest BCUT2D eigenvalue weighted by Crippen LogP contribution is 2.53. The highest BCUT2D eigenvalue weighted by molar-refractivity contribution is 9.10. The normalized spacial score (nSPS) is 30.7. The Bertz CT molecular complexity index is 904. The van der Waals surface area contributed by atoms with Gasteiger partial charge in [-0.1, -0.05) is 29.3 Å². The van der Waals surface area contributed by atoms with Crippen molar-refractivity contribution < 1.29 is 19.2 Å². The van der Waals surface area contributed by atoms with E-state index in [1.807, 2.05) is 6.92 Å². The second-order valence-electron chi connectivity index (χ2n) is 7.56. The fourth-order valence-corrected chi connectivity index (χ4v) is 5.12. The first kappa shape index (κ1) is 19.1. The fourth-order valence-electron chi connectivity index (χ4n) is 4.76. The molecule has 148 valence electrons. The number of hydrogen-bond acceptors (Lipinski definition) is 5. The van der Waals surface area contributed by atoms with Crippen molar-refractivity contribution in [1.82, 2.24) is 10.2 Å². The standard InChI is InChI=1S/C19H21BrN4O4/c1-2-3-6-24-16(26)14-12(8-13(21)25)23-19(15(14)17(24)27)10-7-9(20)4-5-11(10)22-18(19)28/h4-5,7,12,14-15,23H,2-3,6,8H2,1H3,(H2,21,25)(H,22,28). The number of likely N-dealkylation sites (tertiary alicyclic amines) is 1. The quantitative estimate of drug-likeness (QED) is 0.576. The summed E-state index contributed by atoms with van der Waals surface area (Å²) in [7, 11) is 0. The van der Waals surface area contributed by atoms with Crippen molar-refractivity contribution in [2.75, 3.05) is 11.9 Å². The average Bonchev–Trinajstić information content (AvgIpc) is 3.19. The van der Waals surface area contributed by atoms with Gasteiger partial charge in [0.1, 0.15) is 5.54 Å². The molecule has 4 atom stereocenters. The lowest BCUT2D eigenvalue weighted by molar-refractivity contribution is -0.142. The predicted molar refractivity (Wildman–Crippen MR) is 104 cm³/mol. The summed E-state index contributed by atoms with van der Waals surface area (Å²) < 4.78 is 0.749. The second kappa shape index (κ2) is 6.66. The number of carbonyl (C=O) groups excluding carboxylic acids is 4. The van der Waals surface area contributed by atoms with Crippen molar-refractivity contribution in [3.63, 3.8) is 0 Å². The van der Waals surface area contributed by atoms with Gasteiger partial charge in [0, 0.05) is 34.7 Å².